The van der Waals surface area contributed by atoms with Crippen molar-refractivity contribution in [3.8, 4) is 5.75 Å². The second-order valence-electron chi connectivity index (χ2n) is 6.32. The Labute approximate surface area is 162 Å². The molecule has 28 heavy (non-hydrogen) atoms. The van der Waals surface area contributed by atoms with Gasteiger partial charge in [-0.2, -0.15) is 0 Å². The first kappa shape index (κ1) is 19.4. The SMILES string of the molecule is COC(=O)C(N)(C(=O)OC)[C@H](c1ccccc1OC)c1c[nH]c2ccccc12. The van der Waals surface area contributed by atoms with Gasteiger partial charge in [0.15, 0.2) is 0 Å². The van der Waals surface area contributed by atoms with Crippen molar-refractivity contribution in [1.82, 2.24) is 4.98 Å². The second kappa shape index (κ2) is 7.74. The Morgan fingerprint density at radius 2 is 1.54 bits per heavy atom. The molecule has 0 saturated heterocycles. The van der Waals surface area contributed by atoms with Crippen molar-refractivity contribution in [2.75, 3.05) is 21.3 Å². The molecule has 1 atom stereocenters. The normalized spacial score (nSPS) is 12.4. The average molecular weight is 382 g/mol. The van der Waals surface area contributed by atoms with Crippen LogP contribution >= 0.6 is 0 Å². The van der Waals surface area contributed by atoms with Crippen LogP contribution in [0.4, 0.5) is 0 Å². The molecule has 7 nitrogen and oxygen atoms in total. The Morgan fingerprint density at radius 3 is 2.18 bits per heavy atom. The zero-order valence-corrected chi connectivity index (χ0v) is 15.9. The van der Waals surface area contributed by atoms with Gasteiger partial charge in [0.25, 0.3) is 0 Å². The van der Waals surface area contributed by atoms with E-state index in [1.165, 1.54) is 21.3 Å². The minimum atomic E-state index is -2.12. The lowest BCUT2D eigenvalue weighted by atomic mass is 9.74. The smallest absolute Gasteiger partial charge is 0.338 e. The quantitative estimate of drug-likeness (QED) is 0.501. The van der Waals surface area contributed by atoms with Crippen LogP contribution in [0, 0.1) is 0 Å². The molecule has 0 radical (unpaired) electrons. The van der Waals surface area contributed by atoms with Crippen molar-refractivity contribution in [1.29, 1.82) is 0 Å². The molecule has 0 fully saturated rings. The van der Waals surface area contributed by atoms with Crippen molar-refractivity contribution < 1.29 is 23.8 Å². The van der Waals surface area contributed by atoms with Crippen molar-refractivity contribution >= 4 is 22.8 Å². The first-order valence-corrected chi connectivity index (χ1v) is 8.63. The van der Waals surface area contributed by atoms with E-state index < -0.39 is 23.4 Å². The molecular weight excluding hydrogens is 360 g/mol. The van der Waals surface area contributed by atoms with Crippen LogP contribution in [-0.2, 0) is 19.1 Å². The van der Waals surface area contributed by atoms with Crippen LogP contribution < -0.4 is 10.5 Å². The summed E-state index contributed by atoms with van der Waals surface area (Å²) in [5.74, 6) is -2.24. The van der Waals surface area contributed by atoms with Crippen LogP contribution in [0.5, 0.6) is 5.75 Å². The Hall–Kier alpha value is -3.32. The molecule has 0 spiro atoms. The minimum absolute atomic E-state index is 0.486. The molecule has 7 heteroatoms. The van der Waals surface area contributed by atoms with E-state index in [2.05, 4.69) is 4.98 Å². The third-order valence-electron chi connectivity index (χ3n) is 4.88. The number of fused-ring (bicyclic) bond motifs is 1. The molecular formula is C21H22N2O5. The van der Waals surface area contributed by atoms with E-state index in [-0.39, 0.29) is 0 Å². The van der Waals surface area contributed by atoms with Crippen LogP contribution in [-0.4, -0.2) is 43.8 Å². The van der Waals surface area contributed by atoms with E-state index in [0.29, 0.717) is 16.9 Å². The monoisotopic (exact) mass is 382 g/mol. The first-order chi connectivity index (χ1) is 13.5. The third kappa shape index (κ3) is 2.99. The van der Waals surface area contributed by atoms with E-state index >= 15 is 0 Å². The Morgan fingerprint density at radius 1 is 0.929 bits per heavy atom. The minimum Gasteiger partial charge on any atom is -0.496 e. The molecule has 0 saturated carbocycles. The number of hydrogen-bond acceptors (Lipinski definition) is 6. The van der Waals surface area contributed by atoms with E-state index in [0.717, 1.165) is 10.9 Å². The number of hydrogen-bond donors (Lipinski definition) is 2. The van der Waals surface area contributed by atoms with Gasteiger partial charge in [0.1, 0.15) is 5.75 Å². The summed E-state index contributed by atoms with van der Waals surface area (Å²) >= 11 is 0. The van der Waals surface area contributed by atoms with E-state index in [1.54, 1.807) is 30.5 Å². The fourth-order valence-electron chi connectivity index (χ4n) is 3.55. The topological polar surface area (TPSA) is 104 Å². The number of carbonyl (C=O) groups excluding carboxylic acids is 2. The molecule has 1 heterocycles. The molecule has 2 aromatic carbocycles. The maximum absolute atomic E-state index is 12.8. The summed E-state index contributed by atoms with van der Waals surface area (Å²) in [5.41, 5.74) is 6.40. The molecule has 3 N–H and O–H groups in total. The van der Waals surface area contributed by atoms with Gasteiger partial charge in [0.2, 0.25) is 5.54 Å². The van der Waals surface area contributed by atoms with Crippen LogP contribution in [0.3, 0.4) is 0 Å². The highest BCUT2D eigenvalue weighted by Gasteiger charge is 2.54. The number of nitrogens with two attached hydrogens (primary N) is 1. The Kier molecular flexibility index (Phi) is 5.37. The molecule has 1 aromatic heterocycles. The number of esters is 2. The summed E-state index contributed by atoms with van der Waals surface area (Å²) in [4.78, 5) is 28.7. The van der Waals surface area contributed by atoms with Crippen molar-refractivity contribution in [2.24, 2.45) is 5.73 Å². The molecule has 0 aliphatic heterocycles. The van der Waals surface area contributed by atoms with E-state index in [1.807, 2.05) is 24.3 Å². The number of aromatic nitrogens is 1. The summed E-state index contributed by atoms with van der Waals surface area (Å²) in [6, 6.07) is 14.6. The highest BCUT2D eigenvalue weighted by Crippen LogP contribution is 2.42. The number of para-hydroxylation sites is 2. The summed E-state index contributed by atoms with van der Waals surface area (Å²) in [6.07, 6.45) is 1.73. The van der Waals surface area contributed by atoms with Gasteiger partial charge in [0, 0.05) is 22.7 Å². The van der Waals surface area contributed by atoms with E-state index in [9.17, 15) is 9.59 Å². The maximum atomic E-state index is 12.8. The number of H-pyrrole nitrogens is 1. The Bertz CT molecular complexity index is 995. The van der Waals surface area contributed by atoms with Gasteiger partial charge in [0.05, 0.1) is 27.2 Å². The molecule has 3 aromatic rings. The molecule has 3 rings (SSSR count). The molecule has 0 unspecified atom stereocenters. The van der Waals surface area contributed by atoms with Crippen LogP contribution in [0.15, 0.2) is 54.7 Å². The second-order valence-corrected chi connectivity index (χ2v) is 6.32. The zero-order chi connectivity index (χ0) is 20.3. The standard InChI is InChI=1S/C21H22N2O5/c1-26-17-11-7-5-9-14(17)18(21(22,19(24)27-2)20(25)28-3)15-12-23-16-10-6-4-8-13(15)16/h4-12,18,23H,22H2,1-3H3/t18-/m1/s1. The number of benzene rings is 2. The van der Waals surface area contributed by atoms with Gasteiger partial charge in [-0.3, -0.25) is 0 Å². The highest BCUT2D eigenvalue weighted by atomic mass is 16.5. The highest BCUT2D eigenvalue weighted by molar-refractivity contribution is 6.07. The third-order valence-corrected chi connectivity index (χ3v) is 4.88. The zero-order valence-electron chi connectivity index (χ0n) is 15.9. The van der Waals surface area contributed by atoms with Crippen LogP contribution in [0.25, 0.3) is 10.9 Å². The molecule has 0 amide bonds. The summed E-state index contributed by atoms with van der Waals surface area (Å²) in [6.45, 7) is 0. The number of aromatic amines is 1. The predicted molar refractivity (Wildman–Crippen MR) is 104 cm³/mol. The van der Waals surface area contributed by atoms with Crippen molar-refractivity contribution in [3.05, 3.63) is 65.9 Å². The largest absolute Gasteiger partial charge is 0.496 e. The van der Waals surface area contributed by atoms with Crippen molar-refractivity contribution in [3.63, 3.8) is 0 Å². The van der Waals surface area contributed by atoms with Crippen molar-refractivity contribution in [2.45, 2.75) is 11.5 Å². The lowest BCUT2D eigenvalue weighted by Gasteiger charge is -2.33. The van der Waals surface area contributed by atoms with Gasteiger partial charge in [-0.25, -0.2) is 9.59 Å². The fourth-order valence-corrected chi connectivity index (χ4v) is 3.55. The lowest BCUT2D eigenvalue weighted by molar-refractivity contribution is -0.162. The molecule has 0 bridgehead atoms. The van der Waals surface area contributed by atoms with Gasteiger partial charge < -0.3 is 24.9 Å². The number of rotatable bonds is 6. The molecule has 0 aliphatic carbocycles. The first-order valence-electron chi connectivity index (χ1n) is 8.63. The van der Waals surface area contributed by atoms with Crippen LogP contribution in [0.1, 0.15) is 17.0 Å². The number of methoxy groups -OCH3 is 3. The van der Waals surface area contributed by atoms with Gasteiger partial charge in [-0.1, -0.05) is 36.4 Å². The average Bonchev–Trinajstić information content (AvgIpc) is 3.16. The van der Waals surface area contributed by atoms with Crippen LogP contribution in [0.2, 0.25) is 0 Å². The van der Waals surface area contributed by atoms with E-state index in [4.69, 9.17) is 19.9 Å². The summed E-state index contributed by atoms with van der Waals surface area (Å²) in [7, 11) is 3.88. The van der Waals surface area contributed by atoms with Gasteiger partial charge in [-0.15, -0.1) is 0 Å². The maximum Gasteiger partial charge on any atom is 0.338 e. The number of nitrogens with one attached hydrogen (secondary N) is 1. The lowest BCUT2D eigenvalue weighted by Crippen LogP contribution is -2.60. The van der Waals surface area contributed by atoms with Gasteiger partial charge in [-0.05, 0) is 17.7 Å². The Balaban J connectivity index is 2.37. The summed E-state index contributed by atoms with van der Waals surface area (Å²) in [5, 5.41) is 0.820. The molecule has 146 valence electrons. The fraction of sp³-hybridized carbons (Fsp3) is 0.238. The number of carbonyl (C=O) groups is 2. The summed E-state index contributed by atoms with van der Waals surface area (Å²) < 4.78 is 15.3. The number of ether oxygens (including phenoxy) is 3. The molecule has 0 aliphatic rings. The van der Waals surface area contributed by atoms with Gasteiger partial charge >= 0.3 is 11.9 Å². The predicted octanol–water partition coefficient (Wildman–Crippen LogP) is 2.35.